The number of alkyl halides is 3. The van der Waals surface area contributed by atoms with E-state index >= 15 is 4.39 Å². The molecule has 0 radical (unpaired) electrons. The van der Waals surface area contributed by atoms with Gasteiger partial charge in [0.1, 0.15) is 18.0 Å². The summed E-state index contributed by atoms with van der Waals surface area (Å²) in [6.07, 6.45) is 0.913. The summed E-state index contributed by atoms with van der Waals surface area (Å²) in [6.45, 7) is -2.40. The fourth-order valence-electron chi connectivity index (χ4n) is 4.54. The molecule has 1 N–H and O–H groups in total. The van der Waals surface area contributed by atoms with Crippen molar-refractivity contribution in [2.75, 3.05) is 39.2 Å². The van der Waals surface area contributed by atoms with Crippen LogP contribution < -0.4 is 10.1 Å². The number of methoxy groups -OCH3 is 1. The molecule has 1 fully saturated rings. The molecule has 35 heavy (non-hydrogen) atoms. The fourth-order valence-corrected chi connectivity index (χ4v) is 4.54. The number of ether oxygens (including phenoxy) is 1. The lowest BCUT2D eigenvalue weighted by Crippen LogP contribution is -2.53. The lowest BCUT2D eigenvalue weighted by Gasteiger charge is -2.36. The largest absolute Gasteiger partial charge is 0.479 e. The Morgan fingerprint density at radius 2 is 2.14 bits per heavy atom. The van der Waals surface area contributed by atoms with Crippen molar-refractivity contribution in [1.29, 1.82) is 0 Å². The predicted octanol–water partition coefficient (Wildman–Crippen LogP) is 3.92. The summed E-state index contributed by atoms with van der Waals surface area (Å²) in [7, 11) is 1.31. The van der Waals surface area contributed by atoms with Gasteiger partial charge >= 0.3 is 0 Å². The third-order valence-corrected chi connectivity index (χ3v) is 6.18. The molecule has 0 spiro atoms. The van der Waals surface area contributed by atoms with Crippen LogP contribution in [0.5, 0.6) is 5.88 Å². The second kappa shape index (κ2) is 8.67. The summed E-state index contributed by atoms with van der Waals surface area (Å²) < 4.78 is 88.5. The summed E-state index contributed by atoms with van der Waals surface area (Å²) >= 11 is 0. The van der Waals surface area contributed by atoms with E-state index in [4.69, 9.17) is 8.85 Å². The van der Waals surface area contributed by atoms with Crippen LogP contribution in [-0.2, 0) is 6.54 Å². The van der Waals surface area contributed by atoms with Gasteiger partial charge in [0.25, 0.3) is 5.92 Å². The van der Waals surface area contributed by atoms with E-state index in [-0.39, 0.29) is 42.4 Å². The molecule has 1 aliphatic rings. The first kappa shape index (κ1) is 19.8. The van der Waals surface area contributed by atoms with Gasteiger partial charge in [0.15, 0.2) is 5.82 Å². The monoisotopic (exact) mass is 494 g/mol. The number of likely N-dealkylation sites (tertiary alicyclic amines) is 1. The Balaban J connectivity index is 1.52. The maximum Gasteiger partial charge on any atom is 0.280 e. The number of piperidine rings is 1. The molecule has 0 saturated carbocycles. The molecule has 0 unspecified atom stereocenters. The lowest BCUT2D eigenvalue weighted by molar-refractivity contribution is -0.0675. The first-order valence-corrected chi connectivity index (χ1v) is 11.0. The highest BCUT2D eigenvalue weighted by atomic mass is 19.3. The van der Waals surface area contributed by atoms with Gasteiger partial charge in [-0.3, -0.25) is 0 Å². The van der Waals surface area contributed by atoms with Crippen molar-refractivity contribution in [2.24, 2.45) is 0 Å². The van der Waals surface area contributed by atoms with Gasteiger partial charge in [0.05, 0.1) is 49.0 Å². The van der Waals surface area contributed by atoms with Gasteiger partial charge < -0.3 is 19.5 Å². The molecule has 3 aromatic heterocycles. The molecule has 186 valence electrons. The number of nitrogens with one attached hydrogen (secondary N) is 1. The molecule has 4 aromatic rings. The molecule has 0 bridgehead atoms. The maximum atomic E-state index is 15.3. The molecule has 1 aliphatic heterocycles. The number of benzene rings is 1. The van der Waals surface area contributed by atoms with Crippen molar-refractivity contribution in [1.82, 2.24) is 29.0 Å². The van der Waals surface area contributed by atoms with Crippen molar-refractivity contribution in [3.8, 4) is 17.0 Å². The number of halogens is 4. The smallest absolute Gasteiger partial charge is 0.280 e. The number of aryl methyl sites for hydroxylation is 2. The quantitative estimate of drug-likeness (QED) is 0.410. The van der Waals surface area contributed by atoms with Crippen molar-refractivity contribution in [3.63, 3.8) is 0 Å². The molecule has 5 rings (SSSR count). The van der Waals surface area contributed by atoms with Crippen molar-refractivity contribution in [2.45, 2.75) is 31.9 Å². The number of imidazole rings is 1. The number of hydrogen-bond acceptors (Lipinski definition) is 6. The molecule has 1 aromatic carbocycles. The predicted molar refractivity (Wildman–Crippen MR) is 123 cm³/mol. The molecule has 0 amide bonds. The number of anilines is 1. The second-order valence-corrected chi connectivity index (χ2v) is 8.46. The Bertz CT molecular complexity index is 1500. The van der Waals surface area contributed by atoms with Gasteiger partial charge in [-0.05, 0) is 38.0 Å². The minimum absolute atomic E-state index is 0.0572. The van der Waals surface area contributed by atoms with E-state index in [1.54, 1.807) is 29.7 Å². The van der Waals surface area contributed by atoms with Gasteiger partial charge in [0.2, 0.25) is 11.8 Å². The van der Waals surface area contributed by atoms with Crippen LogP contribution in [0.25, 0.3) is 27.7 Å². The molecule has 1 saturated heterocycles. The highest BCUT2D eigenvalue weighted by molar-refractivity contribution is 5.90. The second-order valence-electron chi connectivity index (χ2n) is 8.46. The summed E-state index contributed by atoms with van der Waals surface area (Å²) in [5, 5.41) is 6.75. The Morgan fingerprint density at radius 3 is 2.86 bits per heavy atom. The number of rotatable bonds is 6. The average molecular weight is 495 g/mol. The van der Waals surface area contributed by atoms with Gasteiger partial charge in [-0.25, -0.2) is 27.1 Å². The summed E-state index contributed by atoms with van der Waals surface area (Å²) in [6, 6.07) is 3.61. The Labute approximate surface area is 202 Å². The molecular weight excluding hydrogens is 466 g/mol. The Kier molecular flexibility index (Phi) is 4.92. The van der Waals surface area contributed by atoms with Gasteiger partial charge in [0, 0.05) is 10.7 Å². The molecule has 1 atom stereocenters. The topological polar surface area (TPSA) is 72.5 Å². The number of hydrogen-bond donors (Lipinski definition) is 1. The number of nitrogens with zero attached hydrogens (tertiary/aromatic N) is 6. The normalized spacial score (nSPS) is 20.1. The SMILES string of the molecule is [2H]C([2H])([2H])N1CC[C@@H](Nc2nc(OC)c3c(-c4ccc5nc(C)n(CCF)c5c4)c(F)cn3n2)C(F)(F)C1. The molecule has 12 heteroatoms. The summed E-state index contributed by atoms with van der Waals surface area (Å²) in [5.74, 6) is -3.71. The zero-order valence-corrected chi connectivity index (χ0v) is 19.0. The Morgan fingerprint density at radius 1 is 1.31 bits per heavy atom. The molecular formula is C23H25F4N7O. The van der Waals surface area contributed by atoms with Gasteiger partial charge in [-0.1, -0.05) is 6.07 Å². The van der Waals surface area contributed by atoms with E-state index in [2.05, 4.69) is 20.4 Å². The molecule has 0 aliphatic carbocycles. The minimum Gasteiger partial charge on any atom is -0.479 e. The standard InChI is InChI=1S/C23H25F4N7O/c1-13-28-16-5-4-14(10-17(16)33(13)9-7-24)19-15(25)11-34-20(19)21(35-3)30-22(31-34)29-18-6-8-32(2)12-23(18,26)27/h4-5,10-11,18H,6-9,12H2,1-3H3,(H,29,31)/t18-/m1/s1/i2D3. The highest BCUT2D eigenvalue weighted by Gasteiger charge is 2.44. The van der Waals surface area contributed by atoms with Crippen molar-refractivity contribution >= 4 is 22.5 Å². The van der Waals surface area contributed by atoms with Crippen molar-refractivity contribution in [3.05, 3.63) is 36.0 Å². The highest BCUT2D eigenvalue weighted by Crippen LogP contribution is 2.36. The van der Waals surface area contributed by atoms with Crippen LogP contribution in [0.15, 0.2) is 24.4 Å². The summed E-state index contributed by atoms with van der Waals surface area (Å²) in [4.78, 5) is 9.37. The lowest BCUT2D eigenvalue weighted by atomic mass is 10.0. The van der Waals surface area contributed by atoms with E-state index < -0.39 is 38.0 Å². The molecule has 8 nitrogen and oxygen atoms in total. The van der Waals surface area contributed by atoms with Crippen LogP contribution in [0.3, 0.4) is 0 Å². The van der Waals surface area contributed by atoms with Gasteiger partial charge in [-0.2, -0.15) is 4.98 Å². The van der Waals surface area contributed by atoms with Crippen LogP contribution in [0.1, 0.15) is 16.4 Å². The minimum atomic E-state index is -3.39. The van der Waals surface area contributed by atoms with E-state index in [1.165, 1.54) is 7.11 Å². The third kappa shape index (κ3) is 4.05. The van der Waals surface area contributed by atoms with E-state index in [0.717, 1.165) is 15.6 Å². The van der Waals surface area contributed by atoms with Crippen LogP contribution >= 0.6 is 0 Å². The van der Waals surface area contributed by atoms with E-state index in [0.29, 0.717) is 22.4 Å². The van der Waals surface area contributed by atoms with Crippen LogP contribution in [0.2, 0.25) is 0 Å². The van der Waals surface area contributed by atoms with Crippen LogP contribution in [0.4, 0.5) is 23.5 Å². The summed E-state index contributed by atoms with van der Waals surface area (Å²) in [5.41, 5.74) is 2.00. The average Bonchev–Trinajstić information content (AvgIpc) is 3.34. The molecule has 4 heterocycles. The van der Waals surface area contributed by atoms with Gasteiger partial charge in [-0.15, -0.1) is 5.10 Å². The number of aromatic nitrogens is 5. The van der Waals surface area contributed by atoms with E-state index in [9.17, 15) is 13.2 Å². The third-order valence-electron chi connectivity index (χ3n) is 6.18. The number of fused-ring (bicyclic) bond motifs is 2. The van der Waals surface area contributed by atoms with Crippen LogP contribution in [0, 0.1) is 12.7 Å². The fraction of sp³-hybridized carbons (Fsp3) is 0.435. The van der Waals surface area contributed by atoms with Crippen LogP contribution in [-0.4, -0.2) is 74.9 Å². The zero-order valence-electron chi connectivity index (χ0n) is 22.0. The van der Waals surface area contributed by atoms with Crippen molar-refractivity contribution < 1.29 is 26.4 Å². The Hall–Kier alpha value is -3.41. The zero-order chi connectivity index (χ0) is 27.4. The van der Waals surface area contributed by atoms with E-state index in [1.807, 2.05) is 0 Å². The first-order valence-electron chi connectivity index (χ1n) is 12.5. The first-order chi connectivity index (χ1) is 17.9. The maximum absolute atomic E-state index is 15.3.